The molecule has 0 aliphatic heterocycles. The summed E-state index contributed by atoms with van der Waals surface area (Å²) in [6.45, 7) is 1.99. The molecule has 30 heavy (non-hydrogen) atoms. The van der Waals surface area contributed by atoms with Crippen LogP contribution in [0.1, 0.15) is 23.2 Å². The average molecular weight is 431 g/mol. The van der Waals surface area contributed by atoms with Crippen molar-refractivity contribution in [2.24, 2.45) is 0 Å². The Morgan fingerprint density at radius 3 is 2.87 bits per heavy atom. The van der Waals surface area contributed by atoms with E-state index in [0.29, 0.717) is 24.5 Å². The van der Waals surface area contributed by atoms with Crippen molar-refractivity contribution in [3.63, 3.8) is 0 Å². The van der Waals surface area contributed by atoms with E-state index < -0.39 is 0 Å². The quantitative estimate of drug-likeness (QED) is 0.457. The second kappa shape index (κ2) is 10.6. The summed E-state index contributed by atoms with van der Waals surface area (Å²) in [4.78, 5) is 31.2. The molecule has 0 bridgehead atoms. The zero-order valence-electron chi connectivity index (χ0n) is 17.9. The number of benzene rings is 1. The molecule has 0 saturated carbocycles. The Morgan fingerprint density at radius 1 is 1.30 bits per heavy atom. The van der Waals surface area contributed by atoms with E-state index in [1.165, 1.54) is 11.8 Å². The number of rotatable bonds is 10. The second-order valence-corrected chi connectivity index (χ2v) is 8.60. The highest BCUT2D eigenvalue weighted by molar-refractivity contribution is 7.99. The van der Waals surface area contributed by atoms with E-state index in [0.717, 1.165) is 48.4 Å². The van der Waals surface area contributed by atoms with E-state index in [2.05, 4.69) is 15.2 Å². The number of carbonyl (C=O) groups excluding carboxylic acids is 1. The van der Waals surface area contributed by atoms with Crippen molar-refractivity contribution >= 4 is 17.7 Å². The van der Waals surface area contributed by atoms with Crippen LogP contribution in [0.2, 0.25) is 0 Å². The molecule has 1 aromatic heterocycles. The number of likely N-dealkylation sites (N-methyl/N-ethyl adjacent to an activating group) is 1. The molecule has 0 radical (unpaired) electrons. The minimum Gasteiger partial charge on any atom is -0.496 e. The molecule has 0 atom stereocenters. The van der Waals surface area contributed by atoms with Gasteiger partial charge in [0.25, 0.3) is 0 Å². The van der Waals surface area contributed by atoms with Crippen LogP contribution in [0.25, 0.3) is 0 Å². The molecule has 1 amide bonds. The lowest BCUT2D eigenvalue weighted by Crippen LogP contribution is -2.31. The summed E-state index contributed by atoms with van der Waals surface area (Å²) >= 11 is 1.36. The van der Waals surface area contributed by atoms with Gasteiger partial charge < -0.3 is 15.0 Å². The van der Waals surface area contributed by atoms with E-state index in [1.807, 2.05) is 38.4 Å². The third-order valence-corrected chi connectivity index (χ3v) is 6.24. The zero-order chi connectivity index (χ0) is 21.5. The van der Waals surface area contributed by atoms with E-state index >= 15 is 0 Å². The van der Waals surface area contributed by atoms with E-state index in [-0.39, 0.29) is 17.3 Å². The maximum Gasteiger partial charge on any atom is 0.348 e. The predicted octanol–water partition coefficient (Wildman–Crippen LogP) is 1.75. The van der Waals surface area contributed by atoms with Crippen molar-refractivity contribution in [3.8, 4) is 5.75 Å². The Morgan fingerprint density at radius 2 is 2.10 bits per heavy atom. The predicted molar refractivity (Wildman–Crippen MR) is 120 cm³/mol. The average Bonchev–Trinajstić information content (AvgIpc) is 3.21. The number of carbonyl (C=O) groups is 1. The summed E-state index contributed by atoms with van der Waals surface area (Å²) in [5.74, 6) is 1.03. The van der Waals surface area contributed by atoms with Gasteiger partial charge in [0.05, 0.1) is 12.9 Å². The zero-order valence-corrected chi connectivity index (χ0v) is 18.8. The molecule has 1 aliphatic carbocycles. The number of hydrogen-bond acceptors (Lipinski definition) is 6. The third-order valence-electron chi connectivity index (χ3n) is 5.22. The number of thioether (sulfide) groups is 1. The van der Waals surface area contributed by atoms with Crippen LogP contribution in [0.3, 0.4) is 0 Å². The fourth-order valence-electron chi connectivity index (χ4n) is 3.67. The number of hydrogen-bond donors (Lipinski definition) is 1. The first-order valence-corrected chi connectivity index (χ1v) is 11.3. The lowest BCUT2D eigenvalue weighted by molar-refractivity contribution is -0.118. The van der Waals surface area contributed by atoms with Crippen LogP contribution in [0.5, 0.6) is 5.75 Å². The number of aromatic nitrogens is 2. The molecule has 0 saturated heterocycles. The highest BCUT2D eigenvalue weighted by Crippen LogP contribution is 2.29. The summed E-state index contributed by atoms with van der Waals surface area (Å²) in [6.07, 6.45) is 3.55. The van der Waals surface area contributed by atoms with Gasteiger partial charge in [-0.05, 0) is 51.4 Å². The largest absolute Gasteiger partial charge is 0.496 e. The lowest BCUT2D eigenvalue weighted by Gasteiger charge is -2.16. The van der Waals surface area contributed by atoms with Gasteiger partial charge in [-0.1, -0.05) is 30.0 Å². The molecule has 162 valence electrons. The highest BCUT2D eigenvalue weighted by atomic mass is 32.2. The monoisotopic (exact) mass is 430 g/mol. The molecule has 0 spiro atoms. The number of amides is 1. The van der Waals surface area contributed by atoms with E-state index in [4.69, 9.17) is 4.74 Å². The Hall–Kier alpha value is -2.32. The second-order valence-electron chi connectivity index (χ2n) is 7.63. The normalized spacial score (nSPS) is 12.8. The molecule has 3 rings (SSSR count). The minimum atomic E-state index is -0.211. The number of fused-ring (bicyclic) bond motifs is 1. The van der Waals surface area contributed by atoms with Gasteiger partial charge in [0, 0.05) is 30.9 Å². The smallest absolute Gasteiger partial charge is 0.348 e. The number of para-hydroxylation sites is 1. The topological polar surface area (TPSA) is 76.5 Å². The van der Waals surface area contributed by atoms with E-state index in [1.54, 1.807) is 11.7 Å². The van der Waals surface area contributed by atoms with Crippen LogP contribution >= 0.6 is 11.8 Å². The lowest BCUT2D eigenvalue weighted by atomic mass is 10.1. The van der Waals surface area contributed by atoms with Crippen molar-refractivity contribution < 1.29 is 9.53 Å². The summed E-state index contributed by atoms with van der Waals surface area (Å²) < 4.78 is 7.15. The van der Waals surface area contributed by atoms with Gasteiger partial charge in [-0.3, -0.25) is 9.36 Å². The van der Waals surface area contributed by atoms with Crippen molar-refractivity contribution in [1.29, 1.82) is 0 Å². The summed E-state index contributed by atoms with van der Waals surface area (Å²) in [6, 6.07) is 7.80. The SMILES string of the molecule is COc1ccccc1CCNC(=O)CSc1nc(=O)n(CCN(C)C)c2c1CCC2. The van der Waals surface area contributed by atoms with Crippen molar-refractivity contribution in [2.45, 2.75) is 37.3 Å². The molecule has 1 N–H and O–H groups in total. The first kappa shape index (κ1) is 22.4. The van der Waals surface area contributed by atoms with Gasteiger partial charge in [-0.25, -0.2) is 4.79 Å². The van der Waals surface area contributed by atoms with Gasteiger partial charge >= 0.3 is 5.69 Å². The van der Waals surface area contributed by atoms with Crippen LogP contribution in [0.15, 0.2) is 34.1 Å². The Kier molecular flexibility index (Phi) is 7.93. The molecule has 7 nitrogen and oxygen atoms in total. The molecule has 1 aromatic carbocycles. The van der Waals surface area contributed by atoms with E-state index in [9.17, 15) is 9.59 Å². The summed E-state index contributed by atoms with van der Waals surface area (Å²) in [5.41, 5.74) is 3.08. The molecular formula is C22H30N4O3S. The molecular weight excluding hydrogens is 400 g/mol. The molecule has 1 aliphatic rings. The first-order chi connectivity index (χ1) is 14.5. The van der Waals surface area contributed by atoms with Crippen LogP contribution in [-0.2, 0) is 30.6 Å². The van der Waals surface area contributed by atoms with Gasteiger partial charge in [0.15, 0.2) is 0 Å². The van der Waals surface area contributed by atoms with Crippen molar-refractivity contribution in [2.75, 3.05) is 40.0 Å². The number of nitrogens with zero attached hydrogens (tertiary/aromatic N) is 3. The highest BCUT2D eigenvalue weighted by Gasteiger charge is 2.22. The Labute approximate surface area is 181 Å². The van der Waals surface area contributed by atoms with Crippen molar-refractivity contribution in [3.05, 3.63) is 51.6 Å². The van der Waals surface area contributed by atoms with Crippen molar-refractivity contribution in [1.82, 2.24) is 19.8 Å². The number of nitrogens with one attached hydrogen (secondary N) is 1. The fraction of sp³-hybridized carbons (Fsp3) is 0.500. The molecule has 2 aromatic rings. The summed E-state index contributed by atoms with van der Waals surface area (Å²) in [5, 5.41) is 3.66. The molecule has 1 heterocycles. The molecule has 0 fully saturated rings. The minimum absolute atomic E-state index is 0.0553. The third kappa shape index (κ3) is 5.64. The first-order valence-electron chi connectivity index (χ1n) is 10.3. The van der Waals surface area contributed by atoms with Gasteiger partial charge in [0.1, 0.15) is 10.8 Å². The van der Waals surface area contributed by atoms with Crippen LogP contribution in [0.4, 0.5) is 0 Å². The maximum absolute atomic E-state index is 12.6. The Balaban J connectivity index is 1.56. The Bertz CT molecular complexity index is 942. The van der Waals surface area contributed by atoms with Crippen LogP contribution in [-0.4, -0.2) is 60.4 Å². The van der Waals surface area contributed by atoms with Gasteiger partial charge in [0.2, 0.25) is 5.91 Å². The standard InChI is InChI=1S/C22H30N4O3S/c1-25(2)13-14-26-18-9-6-8-17(18)21(24-22(26)28)30-15-20(27)23-12-11-16-7-4-5-10-19(16)29-3/h4-5,7,10H,6,8-9,11-15H2,1-3H3,(H,23,27). The number of ether oxygens (including phenoxy) is 1. The fourth-order valence-corrected chi connectivity index (χ4v) is 4.57. The van der Waals surface area contributed by atoms with Crippen LogP contribution in [0, 0.1) is 0 Å². The van der Waals surface area contributed by atoms with Crippen LogP contribution < -0.4 is 15.7 Å². The van der Waals surface area contributed by atoms with Gasteiger partial charge in [-0.2, -0.15) is 4.98 Å². The maximum atomic E-state index is 12.6. The molecule has 8 heteroatoms. The summed E-state index contributed by atoms with van der Waals surface area (Å²) in [7, 11) is 5.64. The number of methoxy groups -OCH3 is 1. The van der Waals surface area contributed by atoms with Gasteiger partial charge in [-0.15, -0.1) is 0 Å². The molecule has 0 unspecified atom stereocenters.